The van der Waals surface area contributed by atoms with E-state index in [1.54, 1.807) is 11.3 Å². The van der Waals surface area contributed by atoms with E-state index in [0.717, 1.165) is 29.4 Å². The molecule has 19 heavy (non-hydrogen) atoms. The number of aliphatic hydroxyl groups is 1. The third-order valence-corrected chi connectivity index (χ3v) is 5.41. The van der Waals surface area contributed by atoms with Crippen LogP contribution in [0.4, 0.5) is 5.13 Å². The molecule has 2 aliphatic rings. The van der Waals surface area contributed by atoms with E-state index in [-0.39, 0.29) is 12.0 Å². The molecule has 5 heteroatoms. The monoisotopic (exact) mass is 281 g/mol. The van der Waals surface area contributed by atoms with Crippen molar-refractivity contribution in [1.29, 1.82) is 0 Å². The Kier molecular flexibility index (Phi) is 4.33. The summed E-state index contributed by atoms with van der Waals surface area (Å²) in [5.41, 5.74) is 0. The Morgan fingerprint density at radius 3 is 2.47 bits per heavy atom. The van der Waals surface area contributed by atoms with Gasteiger partial charge in [-0.25, -0.2) is 0 Å². The molecule has 0 radical (unpaired) electrons. The molecule has 2 aliphatic carbocycles. The maximum absolute atomic E-state index is 10.1. The maximum atomic E-state index is 10.1. The zero-order valence-corrected chi connectivity index (χ0v) is 12.2. The molecule has 0 aliphatic heterocycles. The van der Waals surface area contributed by atoms with Crippen molar-refractivity contribution in [2.75, 3.05) is 5.32 Å². The molecule has 0 amide bonds. The van der Waals surface area contributed by atoms with Crippen molar-refractivity contribution in [2.45, 2.75) is 75.9 Å². The first kappa shape index (κ1) is 13.3. The van der Waals surface area contributed by atoms with Crippen LogP contribution in [-0.4, -0.2) is 27.4 Å². The molecule has 2 fully saturated rings. The zero-order chi connectivity index (χ0) is 13.1. The van der Waals surface area contributed by atoms with Gasteiger partial charge in [-0.15, -0.1) is 10.2 Å². The average Bonchev–Trinajstić information content (AvgIpc) is 2.89. The van der Waals surface area contributed by atoms with E-state index in [9.17, 15) is 5.11 Å². The van der Waals surface area contributed by atoms with Gasteiger partial charge >= 0.3 is 0 Å². The van der Waals surface area contributed by atoms with Crippen LogP contribution in [0.3, 0.4) is 0 Å². The smallest absolute Gasteiger partial charge is 0.205 e. The fourth-order valence-electron chi connectivity index (χ4n) is 3.26. The molecular weight excluding hydrogens is 258 g/mol. The van der Waals surface area contributed by atoms with Crippen LogP contribution >= 0.6 is 11.3 Å². The predicted octanol–water partition coefficient (Wildman–Crippen LogP) is 3.30. The molecule has 1 aromatic rings. The van der Waals surface area contributed by atoms with Crippen molar-refractivity contribution < 1.29 is 5.11 Å². The lowest BCUT2D eigenvalue weighted by atomic mass is 9.87. The Hall–Kier alpha value is -0.680. The summed E-state index contributed by atoms with van der Waals surface area (Å²) in [5, 5.41) is 24.1. The zero-order valence-electron chi connectivity index (χ0n) is 11.3. The highest BCUT2D eigenvalue weighted by atomic mass is 32.1. The first-order chi connectivity index (χ1) is 9.33. The van der Waals surface area contributed by atoms with Crippen molar-refractivity contribution in [3.8, 4) is 0 Å². The number of aliphatic hydroxyl groups excluding tert-OH is 1. The van der Waals surface area contributed by atoms with Gasteiger partial charge in [0.05, 0.1) is 6.10 Å². The van der Waals surface area contributed by atoms with Crippen LogP contribution in [-0.2, 0) is 0 Å². The predicted molar refractivity (Wildman–Crippen MR) is 77.6 cm³/mol. The van der Waals surface area contributed by atoms with E-state index in [1.165, 1.54) is 38.5 Å². The minimum absolute atomic E-state index is 0.216. The molecular formula is C14H23N3OS. The lowest BCUT2D eigenvalue weighted by Gasteiger charge is -2.25. The summed E-state index contributed by atoms with van der Waals surface area (Å²) < 4.78 is 0. The van der Waals surface area contributed by atoms with Crippen LogP contribution in [0, 0.1) is 0 Å². The van der Waals surface area contributed by atoms with Crippen molar-refractivity contribution >= 4 is 16.5 Å². The fourth-order valence-corrected chi connectivity index (χ4v) is 4.28. The molecule has 1 heterocycles. The van der Waals surface area contributed by atoms with Crippen molar-refractivity contribution in [1.82, 2.24) is 10.2 Å². The summed E-state index contributed by atoms with van der Waals surface area (Å²) in [6.45, 7) is 0. The highest BCUT2D eigenvalue weighted by Crippen LogP contribution is 2.36. The minimum atomic E-state index is -0.218. The van der Waals surface area contributed by atoms with Crippen molar-refractivity contribution in [3.63, 3.8) is 0 Å². The lowest BCUT2D eigenvalue weighted by molar-refractivity contribution is 0.106. The Labute approximate surface area is 118 Å². The van der Waals surface area contributed by atoms with Gasteiger partial charge < -0.3 is 10.4 Å². The summed E-state index contributed by atoms with van der Waals surface area (Å²) in [6, 6.07) is 0.575. The summed E-state index contributed by atoms with van der Waals surface area (Å²) in [6.07, 6.45) is 10.6. The summed E-state index contributed by atoms with van der Waals surface area (Å²) in [4.78, 5) is 0. The van der Waals surface area contributed by atoms with Gasteiger partial charge in [0.25, 0.3) is 0 Å². The number of hydrogen-bond donors (Lipinski definition) is 2. The van der Waals surface area contributed by atoms with Crippen LogP contribution in [0.2, 0.25) is 0 Å². The number of rotatable bonds is 3. The number of nitrogens with one attached hydrogen (secondary N) is 1. The maximum Gasteiger partial charge on any atom is 0.205 e. The average molecular weight is 281 g/mol. The van der Waals surface area contributed by atoms with Gasteiger partial charge in [-0.05, 0) is 25.7 Å². The summed E-state index contributed by atoms with van der Waals surface area (Å²) >= 11 is 1.64. The van der Waals surface area contributed by atoms with Crippen molar-refractivity contribution in [2.24, 2.45) is 0 Å². The lowest BCUT2D eigenvalue weighted by Crippen LogP contribution is -2.22. The molecule has 106 valence electrons. The topological polar surface area (TPSA) is 58.0 Å². The Bertz CT molecular complexity index is 403. The van der Waals surface area contributed by atoms with Gasteiger partial charge in [0.1, 0.15) is 5.01 Å². The van der Waals surface area contributed by atoms with E-state index in [2.05, 4.69) is 15.5 Å². The Balaban J connectivity index is 1.61. The normalized spacial score (nSPS) is 29.3. The quantitative estimate of drug-likeness (QED) is 0.892. The van der Waals surface area contributed by atoms with Crippen LogP contribution in [0.15, 0.2) is 0 Å². The van der Waals surface area contributed by atoms with Gasteiger partial charge in [-0.2, -0.15) is 0 Å². The molecule has 1 aromatic heterocycles. The van der Waals surface area contributed by atoms with Gasteiger partial charge in [0.15, 0.2) is 0 Å². The SMILES string of the molecule is O[C@H]1CCCC[C@H]1c1nnc(NC2CCCCC2)s1. The number of aromatic nitrogens is 2. The van der Waals surface area contributed by atoms with Crippen LogP contribution < -0.4 is 5.32 Å². The molecule has 4 nitrogen and oxygen atoms in total. The van der Waals surface area contributed by atoms with Gasteiger partial charge in [0, 0.05) is 12.0 Å². The first-order valence-electron chi connectivity index (χ1n) is 7.61. The molecule has 3 rings (SSSR count). The fraction of sp³-hybridized carbons (Fsp3) is 0.857. The Morgan fingerprint density at radius 2 is 1.68 bits per heavy atom. The molecule has 0 bridgehead atoms. The van der Waals surface area contributed by atoms with E-state index in [4.69, 9.17) is 0 Å². The standard InChI is InChI=1S/C14H23N3OS/c18-12-9-5-4-8-11(12)13-16-17-14(19-13)15-10-6-2-1-3-7-10/h10-12,18H,1-9H2,(H,15,17)/t11-,12+/m1/s1. The molecule has 0 aromatic carbocycles. The first-order valence-corrected chi connectivity index (χ1v) is 8.42. The van der Waals surface area contributed by atoms with Gasteiger partial charge in [-0.1, -0.05) is 43.4 Å². The van der Waals surface area contributed by atoms with Crippen molar-refractivity contribution in [3.05, 3.63) is 5.01 Å². The third kappa shape index (κ3) is 3.26. The van der Waals surface area contributed by atoms with Crippen LogP contribution in [0.1, 0.15) is 68.7 Å². The second-order valence-corrected chi connectivity index (χ2v) is 6.89. The molecule has 0 saturated heterocycles. The second-order valence-electron chi connectivity index (χ2n) is 5.88. The Morgan fingerprint density at radius 1 is 0.947 bits per heavy atom. The highest BCUT2D eigenvalue weighted by Gasteiger charge is 2.28. The van der Waals surface area contributed by atoms with Gasteiger partial charge in [-0.3, -0.25) is 0 Å². The molecule has 0 unspecified atom stereocenters. The van der Waals surface area contributed by atoms with Gasteiger partial charge in [0.2, 0.25) is 5.13 Å². The number of hydrogen-bond acceptors (Lipinski definition) is 5. The van der Waals surface area contributed by atoms with Crippen LogP contribution in [0.5, 0.6) is 0 Å². The second kappa shape index (κ2) is 6.18. The molecule has 2 N–H and O–H groups in total. The van der Waals surface area contributed by atoms with E-state index < -0.39 is 0 Å². The summed E-state index contributed by atoms with van der Waals surface area (Å²) in [5.74, 6) is 0.216. The summed E-state index contributed by atoms with van der Waals surface area (Å²) in [7, 11) is 0. The largest absolute Gasteiger partial charge is 0.392 e. The number of anilines is 1. The van der Waals surface area contributed by atoms with E-state index in [1.807, 2.05) is 0 Å². The molecule has 2 saturated carbocycles. The van der Waals surface area contributed by atoms with E-state index >= 15 is 0 Å². The van der Waals surface area contributed by atoms with E-state index in [0.29, 0.717) is 6.04 Å². The number of nitrogens with zero attached hydrogens (tertiary/aromatic N) is 2. The third-order valence-electron chi connectivity index (χ3n) is 4.42. The minimum Gasteiger partial charge on any atom is -0.392 e. The molecule has 0 spiro atoms. The molecule has 2 atom stereocenters. The highest BCUT2D eigenvalue weighted by molar-refractivity contribution is 7.15. The van der Waals surface area contributed by atoms with Crippen LogP contribution in [0.25, 0.3) is 0 Å².